The number of hydrogen-bond donors (Lipinski definition) is 2. The van der Waals surface area contributed by atoms with Gasteiger partial charge in [-0.2, -0.15) is 0 Å². The molecule has 40 heavy (non-hydrogen) atoms. The van der Waals surface area contributed by atoms with Crippen molar-refractivity contribution in [3.63, 3.8) is 0 Å². The summed E-state index contributed by atoms with van der Waals surface area (Å²) < 4.78 is 9.74. The number of ether oxygens (including phenoxy) is 1. The van der Waals surface area contributed by atoms with Crippen LogP contribution in [0.4, 0.5) is 11.5 Å². The quantitative estimate of drug-likeness (QED) is 0.303. The zero-order valence-electron chi connectivity index (χ0n) is 23.1. The number of aryl methyl sites for hydroxylation is 1. The first-order valence-corrected chi connectivity index (χ1v) is 13.1. The summed E-state index contributed by atoms with van der Waals surface area (Å²) in [5.41, 5.74) is 0.434. The number of halogens is 1. The molecule has 0 aliphatic rings. The zero-order valence-corrected chi connectivity index (χ0v) is 23.9. The van der Waals surface area contributed by atoms with Crippen molar-refractivity contribution in [2.24, 2.45) is 0 Å². The largest absolute Gasteiger partial charge is 0.465 e. The number of nitrogens with zero attached hydrogens (tertiary/aromatic N) is 2. The summed E-state index contributed by atoms with van der Waals surface area (Å²) in [4.78, 5) is 53.6. The fraction of sp³-hybridized carbons (Fsp3) is 0.345. The van der Waals surface area contributed by atoms with Crippen molar-refractivity contribution >= 4 is 46.8 Å². The second kappa shape index (κ2) is 13.3. The van der Waals surface area contributed by atoms with Gasteiger partial charge in [0.25, 0.3) is 0 Å². The second-order valence-corrected chi connectivity index (χ2v) is 10.2. The van der Waals surface area contributed by atoms with Crippen molar-refractivity contribution in [3.05, 3.63) is 76.5 Å². The molecule has 11 heteroatoms. The van der Waals surface area contributed by atoms with Crippen LogP contribution in [-0.2, 0) is 19.1 Å². The Balaban J connectivity index is 2.02. The third kappa shape index (κ3) is 7.69. The Morgan fingerprint density at radius 2 is 1.75 bits per heavy atom. The molecule has 0 saturated heterocycles. The Hall–Kier alpha value is -4.18. The Morgan fingerprint density at radius 1 is 1.07 bits per heavy atom. The molecule has 212 valence electrons. The van der Waals surface area contributed by atoms with Crippen molar-refractivity contribution < 1.29 is 28.4 Å². The standard InChI is InChI=1S/C29H33ClN4O6/c1-6-29(3,4)32-27(37)26(21-9-7-8-10-22(21)30)34(20-13-11-19(12-14-20)28(38)39-5)25(36)16-15-24(35)31-23-17-18(2)40-33-23/h7-14,17,26H,6,15-16H2,1-5H3,(H,32,37)(H,31,33,35). The zero-order chi connectivity index (χ0) is 29.4. The lowest BCUT2D eigenvalue weighted by molar-refractivity contribution is -0.128. The molecule has 10 nitrogen and oxygen atoms in total. The SMILES string of the molecule is CCC(C)(C)NC(=O)C(c1ccccc1Cl)N(C(=O)CCC(=O)Nc1cc(C)on1)c1ccc(C(=O)OC)cc1. The lowest BCUT2D eigenvalue weighted by atomic mass is 9.97. The third-order valence-electron chi connectivity index (χ3n) is 6.35. The molecule has 0 radical (unpaired) electrons. The van der Waals surface area contributed by atoms with Crippen LogP contribution in [0.3, 0.4) is 0 Å². The van der Waals surface area contributed by atoms with Gasteiger partial charge in [-0.15, -0.1) is 0 Å². The van der Waals surface area contributed by atoms with Crippen LogP contribution in [0.15, 0.2) is 59.1 Å². The average Bonchev–Trinajstić information content (AvgIpc) is 3.34. The number of nitrogens with one attached hydrogen (secondary N) is 2. The van der Waals surface area contributed by atoms with Gasteiger partial charge in [-0.1, -0.05) is 41.9 Å². The Morgan fingerprint density at radius 3 is 2.33 bits per heavy atom. The summed E-state index contributed by atoms with van der Waals surface area (Å²) in [6.45, 7) is 7.38. The van der Waals surface area contributed by atoms with E-state index in [2.05, 4.69) is 15.8 Å². The molecule has 1 aromatic heterocycles. The summed E-state index contributed by atoms with van der Waals surface area (Å²) in [7, 11) is 1.27. The minimum absolute atomic E-state index is 0.182. The first kappa shape index (κ1) is 30.4. The van der Waals surface area contributed by atoms with Crippen molar-refractivity contribution in [2.75, 3.05) is 17.3 Å². The molecule has 3 aromatic rings. The molecule has 0 saturated carbocycles. The predicted octanol–water partition coefficient (Wildman–Crippen LogP) is 5.22. The summed E-state index contributed by atoms with van der Waals surface area (Å²) in [6, 6.07) is 13.2. The fourth-order valence-electron chi connectivity index (χ4n) is 3.87. The van der Waals surface area contributed by atoms with Gasteiger partial charge in [-0.25, -0.2) is 4.79 Å². The summed E-state index contributed by atoms with van der Waals surface area (Å²) in [5, 5.41) is 9.62. The van der Waals surface area contributed by atoms with Crippen molar-refractivity contribution in [2.45, 2.75) is 58.5 Å². The normalized spacial score (nSPS) is 11.8. The molecular weight excluding hydrogens is 536 g/mol. The van der Waals surface area contributed by atoms with E-state index in [-0.39, 0.29) is 24.2 Å². The van der Waals surface area contributed by atoms with Crippen LogP contribution in [0.25, 0.3) is 0 Å². The van der Waals surface area contributed by atoms with Gasteiger partial charge in [0.1, 0.15) is 11.8 Å². The molecule has 0 spiro atoms. The summed E-state index contributed by atoms with van der Waals surface area (Å²) >= 11 is 6.55. The maximum absolute atomic E-state index is 13.9. The molecule has 0 fully saturated rings. The van der Waals surface area contributed by atoms with E-state index in [9.17, 15) is 19.2 Å². The highest BCUT2D eigenvalue weighted by Crippen LogP contribution is 2.34. The summed E-state index contributed by atoms with van der Waals surface area (Å²) in [6.07, 6.45) is 0.225. The number of aromatic nitrogens is 1. The highest BCUT2D eigenvalue weighted by Gasteiger charge is 2.36. The summed E-state index contributed by atoms with van der Waals surface area (Å²) in [5.74, 6) is -1.20. The maximum atomic E-state index is 13.9. The van der Waals surface area contributed by atoms with E-state index in [0.29, 0.717) is 28.5 Å². The van der Waals surface area contributed by atoms with Crippen LogP contribution in [0.5, 0.6) is 0 Å². The molecule has 1 heterocycles. The highest BCUT2D eigenvalue weighted by atomic mass is 35.5. The van der Waals surface area contributed by atoms with Gasteiger partial charge in [-0.05, 0) is 57.5 Å². The lowest BCUT2D eigenvalue weighted by Crippen LogP contribution is -2.50. The van der Waals surface area contributed by atoms with E-state index in [1.54, 1.807) is 49.4 Å². The third-order valence-corrected chi connectivity index (χ3v) is 6.69. The van der Waals surface area contributed by atoms with Gasteiger partial charge in [0.15, 0.2) is 5.82 Å². The molecule has 0 aliphatic heterocycles. The van der Waals surface area contributed by atoms with Gasteiger partial charge in [0.2, 0.25) is 17.7 Å². The van der Waals surface area contributed by atoms with Gasteiger partial charge >= 0.3 is 5.97 Å². The topological polar surface area (TPSA) is 131 Å². The van der Waals surface area contributed by atoms with Gasteiger partial charge in [-0.3, -0.25) is 19.3 Å². The monoisotopic (exact) mass is 568 g/mol. The van der Waals surface area contributed by atoms with Crippen molar-refractivity contribution in [3.8, 4) is 0 Å². The molecule has 1 atom stereocenters. The van der Waals surface area contributed by atoms with Crippen LogP contribution in [-0.4, -0.2) is 41.5 Å². The number of carbonyl (C=O) groups excluding carboxylic acids is 4. The fourth-order valence-corrected chi connectivity index (χ4v) is 4.11. The smallest absolute Gasteiger partial charge is 0.337 e. The molecular formula is C29H33ClN4O6. The van der Waals surface area contributed by atoms with E-state index < -0.39 is 35.3 Å². The van der Waals surface area contributed by atoms with Crippen LogP contribution in [0, 0.1) is 6.92 Å². The van der Waals surface area contributed by atoms with Crippen LogP contribution < -0.4 is 15.5 Å². The van der Waals surface area contributed by atoms with Crippen molar-refractivity contribution in [1.29, 1.82) is 0 Å². The molecule has 3 amide bonds. The number of benzene rings is 2. The molecule has 0 bridgehead atoms. The Bertz CT molecular complexity index is 1370. The Kier molecular flexibility index (Phi) is 10.1. The molecule has 1 unspecified atom stereocenters. The minimum Gasteiger partial charge on any atom is -0.465 e. The number of amides is 3. The van der Waals surface area contributed by atoms with Crippen LogP contribution in [0.1, 0.15) is 67.8 Å². The molecule has 2 N–H and O–H groups in total. The molecule has 3 rings (SSSR count). The van der Waals surface area contributed by atoms with E-state index in [4.69, 9.17) is 20.9 Å². The number of carbonyl (C=O) groups is 4. The highest BCUT2D eigenvalue weighted by molar-refractivity contribution is 6.31. The second-order valence-electron chi connectivity index (χ2n) is 9.82. The van der Waals surface area contributed by atoms with Crippen LogP contribution >= 0.6 is 11.6 Å². The molecule has 0 aliphatic carbocycles. The van der Waals surface area contributed by atoms with Gasteiger partial charge < -0.3 is 19.9 Å². The number of esters is 1. The molecule has 2 aromatic carbocycles. The predicted molar refractivity (Wildman–Crippen MR) is 151 cm³/mol. The number of methoxy groups -OCH3 is 1. The van der Waals surface area contributed by atoms with E-state index >= 15 is 0 Å². The average molecular weight is 569 g/mol. The minimum atomic E-state index is -1.17. The van der Waals surface area contributed by atoms with Gasteiger partial charge in [0, 0.05) is 40.7 Å². The number of rotatable bonds is 11. The number of hydrogen-bond acceptors (Lipinski definition) is 7. The number of anilines is 2. The van der Waals surface area contributed by atoms with Crippen molar-refractivity contribution in [1.82, 2.24) is 10.5 Å². The van der Waals surface area contributed by atoms with E-state index in [1.807, 2.05) is 20.8 Å². The van der Waals surface area contributed by atoms with E-state index in [0.717, 1.165) is 0 Å². The van der Waals surface area contributed by atoms with Crippen LogP contribution in [0.2, 0.25) is 5.02 Å². The Labute approximate surface area is 238 Å². The first-order valence-electron chi connectivity index (χ1n) is 12.8. The lowest BCUT2D eigenvalue weighted by Gasteiger charge is -2.35. The van der Waals surface area contributed by atoms with Gasteiger partial charge in [0.05, 0.1) is 12.7 Å². The maximum Gasteiger partial charge on any atom is 0.337 e. The first-order chi connectivity index (χ1) is 19.0. The van der Waals surface area contributed by atoms with E-state index in [1.165, 1.54) is 24.1 Å².